The van der Waals surface area contributed by atoms with Crippen LogP contribution in [0.4, 0.5) is 0 Å². The Morgan fingerprint density at radius 1 is 1.12 bits per heavy atom. The topological polar surface area (TPSA) is 75.3 Å². The Morgan fingerprint density at radius 2 is 1.75 bits per heavy atom. The summed E-state index contributed by atoms with van der Waals surface area (Å²) >= 11 is 0. The Balaban J connectivity index is 2.92. The second kappa shape index (κ2) is 8.62. The molecule has 1 rings (SSSR count). The fourth-order valence-electron chi connectivity index (χ4n) is 2.56. The third kappa shape index (κ3) is 5.60. The third-order valence-electron chi connectivity index (χ3n) is 4.24. The molecule has 0 heterocycles. The van der Waals surface area contributed by atoms with E-state index >= 15 is 0 Å². The molecule has 0 fully saturated rings. The van der Waals surface area contributed by atoms with Crippen LogP contribution in [0, 0.1) is 19.8 Å². The molecule has 0 aliphatic carbocycles. The Hall–Kier alpha value is -1.40. The molecule has 0 saturated heterocycles. The minimum Gasteiger partial charge on any atom is -0.350 e. The average Bonchev–Trinajstić information content (AvgIpc) is 2.49. The molecule has 0 saturated carbocycles. The molecule has 2 N–H and O–H groups in total. The third-order valence-corrected chi connectivity index (χ3v) is 5.78. The molecular formula is C18H30N2O3S. The molecule has 1 atom stereocenters. The fraction of sp³-hybridized carbons (Fsp3) is 0.611. The van der Waals surface area contributed by atoms with Crippen molar-refractivity contribution >= 4 is 15.9 Å². The highest BCUT2D eigenvalue weighted by Crippen LogP contribution is 2.21. The lowest BCUT2D eigenvalue weighted by Gasteiger charge is -2.16. The van der Waals surface area contributed by atoms with Crippen molar-refractivity contribution in [1.29, 1.82) is 0 Å². The monoisotopic (exact) mass is 354 g/mol. The largest absolute Gasteiger partial charge is 0.350 e. The van der Waals surface area contributed by atoms with Crippen LogP contribution in [-0.4, -0.2) is 27.4 Å². The van der Waals surface area contributed by atoms with Gasteiger partial charge in [0.2, 0.25) is 10.0 Å². The average molecular weight is 355 g/mol. The smallest absolute Gasteiger partial charge is 0.251 e. The van der Waals surface area contributed by atoms with Crippen LogP contribution in [0.3, 0.4) is 0 Å². The van der Waals surface area contributed by atoms with Crippen LogP contribution in [0.2, 0.25) is 0 Å². The highest BCUT2D eigenvalue weighted by Gasteiger charge is 2.20. The van der Waals surface area contributed by atoms with E-state index in [-0.39, 0.29) is 16.8 Å². The summed E-state index contributed by atoms with van der Waals surface area (Å²) in [5, 5.41) is 2.96. The highest BCUT2D eigenvalue weighted by atomic mass is 32.2. The lowest BCUT2D eigenvalue weighted by molar-refractivity contribution is 0.0937. The van der Waals surface area contributed by atoms with Gasteiger partial charge in [-0.1, -0.05) is 26.7 Å². The second-order valence-electron chi connectivity index (χ2n) is 6.82. The van der Waals surface area contributed by atoms with E-state index in [9.17, 15) is 13.2 Å². The first-order valence-corrected chi connectivity index (χ1v) is 9.92. The van der Waals surface area contributed by atoms with E-state index in [1.807, 2.05) is 13.8 Å². The molecule has 0 radical (unpaired) electrons. The van der Waals surface area contributed by atoms with E-state index in [0.29, 0.717) is 17.0 Å². The predicted octanol–water partition coefficient (Wildman–Crippen LogP) is 3.16. The van der Waals surface area contributed by atoms with E-state index in [2.05, 4.69) is 23.9 Å². The molecule has 0 spiro atoms. The molecule has 6 heteroatoms. The Kier molecular flexibility index (Phi) is 7.42. The lowest BCUT2D eigenvalue weighted by atomic mass is 10.0. The molecule has 1 unspecified atom stereocenters. The summed E-state index contributed by atoms with van der Waals surface area (Å²) in [7, 11) is -2.22. The van der Waals surface area contributed by atoms with Crippen molar-refractivity contribution in [2.45, 2.75) is 64.8 Å². The Bertz CT molecular complexity index is 682. The van der Waals surface area contributed by atoms with Gasteiger partial charge in [0, 0.05) is 11.6 Å². The molecule has 0 bridgehead atoms. The number of amides is 1. The zero-order valence-corrected chi connectivity index (χ0v) is 16.4. The summed E-state index contributed by atoms with van der Waals surface area (Å²) in [5.41, 5.74) is 1.82. The van der Waals surface area contributed by atoms with Gasteiger partial charge in [-0.3, -0.25) is 4.79 Å². The molecule has 0 aromatic heterocycles. The fourth-order valence-corrected chi connectivity index (χ4v) is 3.62. The minimum absolute atomic E-state index is 0.0576. The van der Waals surface area contributed by atoms with E-state index < -0.39 is 10.0 Å². The van der Waals surface area contributed by atoms with Crippen LogP contribution < -0.4 is 10.0 Å². The molecule has 1 aromatic rings. The van der Waals surface area contributed by atoms with Crippen LogP contribution in [0.15, 0.2) is 17.0 Å². The number of benzene rings is 1. The van der Waals surface area contributed by atoms with Gasteiger partial charge < -0.3 is 5.32 Å². The summed E-state index contributed by atoms with van der Waals surface area (Å²) in [6.07, 6.45) is 3.11. The van der Waals surface area contributed by atoms with Gasteiger partial charge in [0.25, 0.3) is 5.91 Å². The van der Waals surface area contributed by atoms with Gasteiger partial charge in [-0.25, -0.2) is 13.1 Å². The first-order chi connectivity index (χ1) is 11.1. The number of carbonyl (C=O) groups excluding carboxylic acids is 1. The summed E-state index contributed by atoms with van der Waals surface area (Å²) in [6.45, 7) is 9.90. The predicted molar refractivity (Wildman–Crippen MR) is 97.8 cm³/mol. The molecule has 24 heavy (non-hydrogen) atoms. The first kappa shape index (κ1) is 20.6. The first-order valence-electron chi connectivity index (χ1n) is 8.44. The van der Waals surface area contributed by atoms with Crippen molar-refractivity contribution in [3.05, 3.63) is 28.8 Å². The number of carbonyl (C=O) groups is 1. The van der Waals surface area contributed by atoms with E-state index in [1.165, 1.54) is 13.1 Å². The summed E-state index contributed by atoms with van der Waals surface area (Å²) < 4.78 is 26.6. The van der Waals surface area contributed by atoms with Gasteiger partial charge >= 0.3 is 0 Å². The zero-order chi connectivity index (χ0) is 18.5. The molecular weight excluding hydrogens is 324 g/mol. The SMILES string of the molecule is CNS(=O)(=O)c1cc(C(=O)NC(C)CCCC(C)C)cc(C)c1C. The molecule has 136 valence electrons. The number of aryl methyl sites for hydroxylation is 1. The number of hydrogen-bond acceptors (Lipinski definition) is 3. The summed E-state index contributed by atoms with van der Waals surface area (Å²) in [5.74, 6) is 0.421. The number of sulfonamides is 1. The maximum absolute atomic E-state index is 12.5. The minimum atomic E-state index is -3.59. The Labute approximate surface area is 146 Å². The van der Waals surface area contributed by atoms with Crippen molar-refractivity contribution in [3.8, 4) is 0 Å². The van der Waals surface area contributed by atoms with Crippen molar-refractivity contribution in [2.24, 2.45) is 5.92 Å². The summed E-state index contributed by atoms with van der Waals surface area (Å²) in [6, 6.07) is 3.24. The van der Waals surface area contributed by atoms with Gasteiger partial charge in [0.05, 0.1) is 4.90 Å². The van der Waals surface area contributed by atoms with E-state index in [4.69, 9.17) is 0 Å². The van der Waals surface area contributed by atoms with Crippen molar-refractivity contribution < 1.29 is 13.2 Å². The maximum atomic E-state index is 12.5. The van der Waals surface area contributed by atoms with Crippen LogP contribution in [0.5, 0.6) is 0 Å². The van der Waals surface area contributed by atoms with Gasteiger partial charge in [0.15, 0.2) is 0 Å². The highest BCUT2D eigenvalue weighted by molar-refractivity contribution is 7.89. The summed E-state index contributed by atoms with van der Waals surface area (Å²) in [4.78, 5) is 12.6. The van der Waals surface area contributed by atoms with Crippen molar-refractivity contribution in [2.75, 3.05) is 7.05 Å². The molecule has 0 aliphatic rings. The van der Waals surface area contributed by atoms with E-state index in [1.54, 1.807) is 13.0 Å². The Morgan fingerprint density at radius 3 is 2.29 bits per heavy atom. The van der Waals surface area contributed by atoms with Gasteiger partial charge in [0.1, 0.15) is 0 Å². The van der Waals surface area contributed by atoms with Crippen molar-refractivity contribution in [3.63, 3.8) is 0 Å². The molecule has 1 amide bonds. The standard InChI is InChI=1S/C18H30N2O3S/c1-12(2)8-7-9-14(4)20-18(21)16-10-13(3)15(5)17(11-16)24(22,23)19-6/h10-12,14,19H,7-9H2,1-6H3,(H,20,21). The van der Waals surface area contributed by atoms with Gasteiger partial charge in [-0.2, -0.15) is 0 Å². The molecule has 1 aromatic carbocycles. The van der Waals surface area contributed by atoms with E-state index in [0.717, 1.165) is 24.8 Å². The maximum Gasteiger partial charge on any atom is 0.251 e. The zero-order valence-electron chi connectivity index (χ0n) is 15.6. The second-order valence-corrected chi connectivity index (χ2v) is 8.68. The quantitative estimate of drug-likeness (QED) is 0.753. The van der Waals surface area contributed by atoms with Crippen LogP contribution in [-0.2, 0) is 10.0 Å². The number of nitrogens with one attached hydrogen (secondary N) is 2. The normalized spacial score (nSPS) is 13.1. The molecule has 0 aliphatic heterocycles. The lowest BCUT2D eigenvalue weighted by Crippen LogP contribution is -2.33. The molecule has 5 nitrogen and oxygen atoms in total. The van der Waals surface area contributed by atoms with Crippen molar-refractivity contribution in [1.82, 2.24) is 10.0 Å². The number of rotatable bonds is 8. The van der Waals surface area contributed by atoms with Crippen LogP contribution in [0.1, 0.15) is 61.5 Å². The number of hydrogen-bond donors (Lipinski definition) is 2. The van der Waals surface area contributed by atoms with Gasteiger partial charge in [-0.15, -0.1) is 0 Å². The van der Waals surface area contributed by atoms with Crippen LogP contribution in [0.25, 0.3) is 0 Å². The van der Waals surface area contributed by atoms with Gasteiger partial charge in [-0.05, 0) is 63.4 Å². The van der Waals surface area contributed by atoms with Crippen LogP contribution >= 0.6 is 0 Å².